The Morgan fingerprint density at radius 2 is 2.19 bits per heavy atom. The number of hydrogen-bond donors (Lipinski definition) is 1. The smallest absolute Gasteiger partial charge is 0.147 e. The predicted octanol–water partition coefficient (Wildman–Crippen LogP) is 2.49. The number of rotatable bonds is 6. The molecule has 0 aliphatic heterocycles. The van der Waals surface area contributed by atoms with Gasteiger partial charge in [0.05, 0.1) is 10.1 Å². The van der Waals surface area contributed by atoms with E-state index in [4.69, 9.17) is 11.6 Å². The molecule has 1 rings (SSSR count). The van der Waals surface area contributed by atoms with Crippen LogP contribution in [-0.2, 0) is 9.84 Å². The van der Waals surface area contributed by atoms with Crippen molar-refractivity contribution >= 4 is 32.8 Å². The number of halogens is 1. The Bertz CT molecular complexity index is 428. The Morgan fingerprint density at radius 3 is 2.62 bits per heavy atom. The molecule has 1 atom stereocenters. The van der Waals surface area contributed by atoms with Crippen molar-refractivity contribution in [2.75, 3.05) is 18.6 Å². The molecule has 6 heteroatoms. The topological polar surface area (TPSA) is 46.2 Å². The molecule has 0 aliphatic carbocycles. The van der Waals surface area contributed by atoms with Crippen LogP contribution in [0.1, 0.15) is 24.3 Å². The van der Waals surface area contributed by atoms with Crippen molar-refractivity contribution in [1.29, 1.82) is 0 Å². The quantitative estimate of drug-likeness (QED) is 0.871. The molecular weight excluding hydrogens is 266 g/mol. The molecule has 1 aromatic heterocycles. The summed E-state index contributed by atoms with van der Waals surface area (Å²) in [7, 11) is -2.91. The molecular formula is C10H16ClNO2S2. The Kier molecular flexibility index (Phi) is 5.24. The van der Waals surface area contributed by atoms with E-state index in [1.54, 1.807) is 0 Å². The standard InChI is InChI=1S/C10H16ClNO2S2/c1-3-12-8(6-7-16(2,13)14)9-4-5-10(11)15-9/h4-5,8,12H,3,6-7H2,1-2H3. The normalized spacial score (nSPS) is 13.9. The van der Waals surface area contributed by atoms with Crippen molar-refractivity contribution in [2.24, 2.45) is 0 Å². The number of thiophene rings is 1. The molecule has 1 heterocycles. The van der Waals surface area contributed by atoms with Crippen LogP contribution in [0.3, 0.4) is 0 Å². The SMILES string of the molecule is CCNC(CCS(C)(=O)=O)c1ccc(Cl)s1. The van der Waals surface area contributed by atoms with Gasteiger partial charge in [-0.15, -0.1) is 11.3 Å². The highest BCUT2D eigenvalue weighted by atomic mass is 35.5. The molecule has 0 radical (unpaired) electrons. The maximum absolute atomic E-state index is 11.1. The number of hydrogen-bond acceptors (Lipinski definition) is 4. The van der Waals surface area contributed by atoms with Crippen LogP contribution < -0.4 is 5.32 Å². The number of nitrogens with one attached hydrogen (secondary N) is 1. The molecule has 1 aromatic rings. The van der Waals surface area contributed by atoms with Gasteiger partial charge in [-0.3, -0.25) is 0 Å². The van der Waals surface area contributed by atoms with E-state index in [-0.39, 0.29) is 11.8 Å². The molecule has 92 valence electrons. The van der Waals surface area contributed by atoms with Crippen molar-refractivity contribution < 1.29 is 8.42 Å². The van der Waals surface area contributed by atoms with Crippen LogP contribution in [0.15, 0.2) is 12.1 Å². The molecule has 1 N–H and O–H groups in total. The Hall–Kier alpha value is -0.100. The van der Waals surface area contributed by atoms with Crippen molar-refractivity contribution in [2.45, 2.75) is 19.4 Å². The summed E-state index contributed by atoms with van der Waals surface area (Å²) < 4.78 is 23.0. The van der Waals surface area contributed by atoms with E-state index in [0.717, 1.165) is 15.8 Å². The van der Waals surface area contributed by atoms with Crippen LogP contribution in [0, 0.1) is 0 Å². The summed E-state index contributed by atoms with van der Waals surface area (Å²) in [5, 5.41) is 3.27. The first-order chi connectivity index (χ1) is 7.42. The van der Waals surface area contributed by atoms with E-state index in [2.05, 4.69) is 5.32 Å². The van der Waals surface area contributed by atoms with Crippen LogP contribution in [0.25, 0.3) is 0 Å². The summed E-state index contributed by atoms with van der Waals surface area (Å²) in [5.74, 6) is 0.195. The minimum absolute atomic E-state index is 0.0808. The number of sulfone groups is 1. The van der Waals surface area contributed by atoms with Crippen molar-refractivity contribution in [3.63, 3.8) is 0 Å². The molecule has 0 aliphatic rings. The first kappa shape index (κ1) is 14.0. The lowest BCUT2D eigenvalue weighted by atomic mass is 10.2. The van der Waals surface area contributed by atoms with Crippen molar-refractivity contribution in [3.8, 4) is 0 Å². The summed E-state index contributed by atoms with van der Waals surface area (Å²) in [6.07, 6.45) is 1.85. The van der Waals surface area contributed by atoms with Gasteiger partial charge in [-0.2, -0.15) is 0 Å². The summed E-state index contributed by atoms with van der Waals surface area (Å²) in [6, 6.07) is 3.87. The second-order valence-corrected chi connectivity index (χ2v) is 7.68. The predicted molar refractivity (Wildman–Crippen MR) is 70.1 cm³/mol. The van der Waals surface area contributed by atoms with Gasteiger partial charge in [-0.1, -0.05) is 18.5 Å². The van der Waals surface area contributed by atoms with E-state index in [1.165, 1.54) is 17.6 Å². The first-order valence-electron chi connectivity index (χ1n) is 5.08. The highest BCUT2D eigenvalue weighted by Gasteiger charge is 2.15. The summed E-state index contributed by atoms with van der Waals surface area (Å²) in [5.41, 5.74) is 0. The first-order valence-corrected chi connectivity index (χ1v) is 8.34. The molecule has 16 heavy (non-hydrogen) atoms. The minimum Gasteiger partial charge on any atom is -0.309 e. The third-order valence-corrected chi connectivity index (χ3v) is 4.49. The van der Waals surface area contributed by atoms with Crippen molar-refractivity contribution in [3.05, 3.63) is 21.3 Å². The van der Waals surface area contributed by atoms with Gasteiger partial charge in [0.25, 0.3) is 0 Å². The largest absolute Gasteiger partial charge is 0.309 e. The molecule has 0 fully saturated rings. The zero-order valence-electron chi connectivity index (χ0n) is 9.36. The lowest BCUT2D eigenvalue weighted by Crippen LogP contribution is -2.22. The molecule has 0 spiro atoms. The van der Waals surface area contributed by atoms with E-state index in [9.17, 15) is 8.42 Å². The molecule has 0 amide bonds. The molecule has 0 saturated carbocycles. The van der Waals surface area contributed by atoms with E-state index in [1.807, 2.05) is 19.1 Å². The van der Waals surface area contributed by atoms with Gasteiger partial charge in [0.15, 0.2) is 0 Å². The summed E-state index contributed by atoms with van der Waals surface area (Å²) in [6.45, 7) is 2.81. The highest BCUT2D eigenvalue weighted by molar-refractivity contribution is 7.90. The van der Waals surface area contributed by atoms with Crippen LogP contribution in [0.4, 0.5) is 0 Å². The Balaban J connectivity index is 2.68. The van der Waals surface area contributed by atoms with E-state index < -0.39 is 9.84 Å². The maximum atomic E-state index is 11.1. The van der Waals surface area contributed by atoms with E-state index in [0.29, 0.717) is 6.42 Å². The Morgan fingerprint density at radius 1 is 1.50 bits per heavy atom. The van der Waals surface area contributed by atoms with E-state index >= 15 is 0 Å². The summed E-state index contributed by atoms with van der Waals surface area (Å²) >= 11 is 7.36. The fourth-order valence-electron chi connectivity index (χ4n) is 1.44. The molecule has 0 saturated heterocycles. The maximum Gasteiger partial charge on any atom is 0.147 e. The fraction of sp³-hybridized carbons (Fsp3) is 0.600. The van der Waals surface area contributed by atoms with Crippen LogP contribution >= 0.6 is 22.9 Å². The van der Waals surface area contributed by atoms with Gasteiger partial charge < -0.3 is 5.32 Å². The third kappa shape index (κ3) is 4.82. The average Bonchev–Trinajstić information content (AvgIpc) is 2.57. The van der Waals surface area contributed by atoms with Gasteiger partial charge in [-0.05, 0) is 25.1 Å². The lowest BCUT2D eigenvalue weighted by molar-refractivity contribution is 0.536. The minimum atomic E-state index is -2.91. The zero-order chi connectivity index (χ0) is 12.2. The van der Waals surface area contributed by atoms with Gasteiger partial charge >= 0.3 is 0 Å². The fourth-order valence-corrected chi connectivity index (χ4v) is 3.27. The van der Waals surface area contributed by atoms with Gasteiger partial charge in [0.2, 0.25) is 0 Å². The average molecular weight is 282 g/mol. The van der Waals surface area contributed by atoms with Crippen LogP contribution in [0.5, 0.6) is 0 Å². The molecule has 1 unspecified atom stereocenters. The molecule has 3 nitrogen and oxygen atoms in total. The van der Waals surface area contributed by atoms with Gasteiger partial charge in [0, 0.05) is 17.2 Å². The van der Waals surface area contributed by atoms with Crippen molar-refractivity contribution in [1.82, 2.24) is 5.32 Å². The van der Waals surface area contributed by atoms with Gasteiger partial charge in [0.1, 0.15) is 9.84 Å². The van der Waals surface area contributed by atoms with Crippen LogP contribution in [-0.4, -0.2) is 27.0 Å². The monoisotopic (exact) mass is 281 g/mol. The Labute approximate surface area is 106 Å². The lowest BCUT2D eigenvalue weighted by Gasteiger charge is -2.15. The van der Waals surface area contributed by atoms with Gasteiger partial charge in [-0.25, -0.2) is 8.42 Å². The highest BCUT2D eigenvalue weighted by Crippen LogP contribution is 2.28. The molecule has 0 bridgehead atoms. The second-order valence-electron chi connectivity index (χ2n) is 3.67. The zero-order valence-corrected chi connectivity index (χ0v) is 11.8. The van der Waals surface area contributed by atoms with Crippen LogP contribution in [0.2, 0.25) is 4.34 Å². The molecule has 0 aromatic carbocycles. The second kappa shape index (κ2) is 6.00. The third-order valence-electron chi connectivity index (χ3n) is 2.17. The summed E-state index contributed by atoms with van der Waals surface area (Å²) in [4.78, 5) is 1.09.